The van der Waals surface area contributed by atoms with Gasteiger partial charge in [0.15, 0.2) is 0 Å². The first-order valence-corrected chi connectivity index (χ1v) is 16.9. The Labute approximate surface area is 292 Å². The molecule has 5 heteroatoms. The van der Waals surface area contributed by atoms with E-state index in [-0.39, 0.29) is 0 Å². The molecule has 9 rings (SSSR count). The Hall–Kier alpha value is -5.66. The molecule has 0 aliphatic heterocycles. The maximum Gasteiger partial charge on any atom is 0.228 e. The van der Waals surface area contributed by atoms with Crippen molar-refractivity contribution in [1.82, 2.24) is 9.97 Å². The molecular formula is C43H27IN4. The van der Waals surface area contributed by atoms with Crippen molar-refractivity contribution >= 4 is 56.2 Å². The smallest absolute Gasteiger partial charge is 0.228 e. The van der Waals surface area contributed by atoms with Gasteiger partial charge in [-0.2, -0.15) is 3.21 Å². The summed E-state index contributed by atoms with van der Waals surface area (Å²) >= 11 is 2.01. The number of nitrogens with one attached hydrogen (secondary N) is 1. The molecule has 1 aliphatic carbocycles. The second-order valence-electron chi connectivity index (χ2n) is 11.9. The van der Waals surface area contributed by atoms with Crippen molar-refractivity contribution in [2.24, 2.45) is 3.21 Å². The van der Waals surface area contributed by atoms with E-state index in [4.69, 9.17) is 0 Å². The highest BCUT2D eigenvalue weighted by atomic mass is 127. The molecule has 0 fully saturated rings. The van der Waals surface area contributed by atoms with Crippen molar-refractivity contribution in [3.05, 3.63) is 164 Å². The Bertz CT molecular complexity index is 2420. The van der Waals surface area contributed by atoms with Crippen molar-refractivity contribution in [3.63, 3.8) is 0 Å². The summed E-state index contributed by atoms with van der Waals surface area (Å²) in [5.74, 6) is 1.22. The van der Waals surface area contributed by atoms with Gasteiger partial charge in [0.2, 0.25) is 5.95 Å². The van der Waals surface area contributed by atoms with Gasteiger partial charge in [-0.25, -0.2) is 9.97 Å². The van der Waals surface area contributed by atoms with Crippen LogP contribution in [0.25, 0.3) is 77.2 Å². The van der Waals surface area contributed by atoms with Crippen LogP contribution in [-0.2, 0) is 0 Å². The number of benzene rings is 7. The molecule has 48 heavy (non-hydrogen) atoms. The molecule has 0 radical (unpaired) electrons. The largest absolute Gasteiger partial charge is 0.308 e. The zero-order valence-electron chi connectivity index (χ0n) is 25.7. The average Bonchev–Trinajstić information content (AvgIpc) is 3.49. The molecule has 0 bridgehead atoms. The van der Waals surface area contributed by atoms with E-state index >= 15 is 0 Å². The van der Waals surface area contributed by atoms with E-state index in [0.717, 1.165) is 11.1 Å². The Morgan fingerprint density at radius 2 is 1.00 bits per heavy atom. The highest BCUT2D eigenvalue weighted by molar-refractivity contribution is 14.1. The van der Waals surface area contributed by atoms with Gasteiger partial charge in [-0.3, -0.25) is 0 Å². The van der Waals surface area contributed by atoms with Crippen LogP contribution in [0.3, 0.4) is 0 Å². The van der Waals surface area contributed by atoms with E-state index in [1.807, 2.05) is 22.9 Å². The van der Waals surface area contributed by atoms with Crippen LogP contribution in [0, 0.1) is 0 Å². The molecule has 1 aliphatic rings. The van der Waals surface area contributed by atoms with E-state index < -0.39 is 0 Å². The molecule has 0 amide bonds. The maximum atomic E-state index is 4.45. The van der Waals surface area contributed by atoms with Crippen LogP contribution in [0.2, 0.25) is 0 Å². The number of nitrogens with zero attached hydrogens (tertiary/aromatic N) is 3. The first-order valence-electron chi connectivity index (χ1n) is 15.9. The van der Waals surface area contributed by atoms with Gasteiger partial charge in [-0.15, -0.1) is 0 Å². The van der Waals surface area contributed by atoms with Gasteiger partial charge in [-0.1, -0.05) is 140 Å². The zero-order chi connectivity index (χ0) is 32.0. The van der Waals surface area contributed by atoms with Crippen LogP contribution in [0.4, 0.5) is 5.95 Å². The summed E-state index contributed by atoms with van der Waals surface area (Å²) < 4.78 is 4.45. The number of hydrogen-bond acceptors (Lipinski definition) is 3. The summed E-state index contributed by atoms with van der Waals surface area (Å²) in [7, 11) is 0. The highest BCUT2D eigenvalue weighted by Gasteiger charge is 2.31. The lowest BCUT2D eigenvalue weighted by Gasteiger charge is -2.20. The molecule has 0 atom stereocenters. The van der Waals surface area contributed by atoms with Crippen LogP contribution in [-0.4, -0.2) is 15.8 Å². The SMILES string of the molecule is IN=C(Nc1ncccn1)c1ccc(-c2ccc3c4c(cccc24)-c2c-3c(-c3ccccc3)c3ccccc3c2-c2ccccc2)cc1. The van der Waals surface area contributed by atoms with Crippen LogP contribution >= 0.6 is 22.9 Å². The van der Waals surface area contributed by atoms with Crippen molar-refractivity contribution in [2.75, 3.05) is 5.32 Å². The number of halogens is 1. The minimum atomic E-state index is 0.515. The molecule has 1 aromatic heterocycles. The monoisotopic (exact) mass is 726 g/mol. The molecule has 1 N–H and O–H groups in total. The number of rotatable bonds is 5. The molecule has 7 aromatic carbocycles. The lowest BCUT2D eigenvalue weighted by atomic mass is 9.82. The molecule has 4 nitrogen and oxygen atoms in total. The van der Waals surface area contributed by atoms with E-state index in [1.165, 1.54) is 71.6 Å². The number of aromatic nitrogens is 2. The van der Waals surface area contributed by atoms with E-state index in [0.29, 0.717) is 11.8 Å². The molecule has 0 saturated carbocycles. The second-order valence-corrected chi connectivity index (χ2v) is 12.4. The normalized spacial score (nSPS) is 12.0. The number of fused-ring (bicyclic) bond motifs is 4. The van der Waals surface area contributed by atoms with Crippen LogP contribution < -0.4 is 5.32 Å². The molecule has 1 heterocycles. The van der Waals surface area contributed by atoms with Gasteiger partial charge >= 0.3 is 0 Å². The standard InChI is InChI=1S/C43H27IN4/c44-48-42(47-43-45-25-10-26-46-43)30-21-19-27(20-22-30)31-23-24-36-39-32(31)17-9-18-35(39)40-37(28-11-3-1-4-12-28)33-15-7-8-16-34(33)38(41(36)40)29-13-5-2-6-14-29/h1-26H,(H,45,46,47,48). The zero-order valence-corrected chi connectivity index (χ0v) is 27.9. The third-order valence-electron chi connectivity index (χ3n) is 9.27. The predicted octanol–water partition coefficient (Wildman–Crippen LogP) is 11.6. The molecule has 8 aromatic rings. The van der Waals surface area contributed by atoms with Crippen molar-refractivity contribution < 1.29 is 0 Å². The topological polar surface area (TPSA) is 50.2 Å². The molecule has 0 saturated heterocycles. The highest BCUT2D eigenvalue weighted by Crippen LogP contribution is 2.58. The fourth-order valence-corrected chi connectivity index (χ4v) is 7.68. The third-order valence-corrected chi connectivity index (χ3v) is 9.75. The summed E-state index contributed by atoms with van der Waals surface area (Å²) in [5, 5.41) is 8.32. The van der Waals surface area contributed by atoms with Gasteiger partial charge in [0.05, 0.1) is 22.9 Å². The fraction of sp³-hybridized carbons (Fsp3) is 0. The molecule has 0 unspecified atom stereocenters. The number of hydrogen-bond donors (Lipinski definition) is 1. The van der Waals surface area contributed by atoms with Crippen molar-refractivity contribution in [2.45, 2.75) is 0 Å². The van der Waals surface area contributed by atoms with Gasteiger partial charge in [0, 0.05) is 18.0 Å². The lowest BCUT2D eigenvalue weighted by Crippen LogP contribution is -2.14. The maximum absolute atomic E-state index is 4.45. The molecule has 0 spiro atoms. The summed E-state index contributed by atoms with van der Waals surface area (Å²) in [6, 6.07) is 52.4. The predicted molar refractivity (Wildman–Crippen MR) is 208 cm³/mol. The van der Waals surface area contributed by atoms with Crippen LogP contribution in [0.1, 0.15) is 5.56 Å². The Morgan fingerprint density at radius 3 is 1.60 bits per heavy atom. The summed E-state index contributed by atoms with van der Waals surface area (Å²) in [6.45, 7) is 0. The molecular weight excluding hydrogens is 699 g/mol. The van der Waals surface area contributed by atoms with Crippen molar-refractivity contribution in [3.8, 4) is 55.6 Å². The minimum Gasteiger partial charge on any atom is -0.308 e. The summed E-state index contributed by atoms with van der Waals surface area (Å²) in [6.07, 6.45) is 3.43. The minimum absolute atomic E-state index is 0.515. The summed E-state index contributed by atoms with van der Waals surface area (Å²) in [4.78, 5) is 8.59. The average molecular weight is 727 g/mol. The summed E-state index contributed by atoms with van der Waals surface area (Å²) in [5.41, 5.74) is 13.5. The number of anilines is 1. The quantitative estimate of drug-likeness (QED) is 0.109. The second kappa shape index (κ2) is 11.9. The first-order chi connectivity index (χ1) is 23.8. The number of amidine groups is 1. The Morgan fingerprint density at radius 1 is 0.458 bits per heavy atom. The first kappa shape index (κ1) is 28.6. The third kappa shape index (κ3) is 4.61. The van der Waals surface area contributed by atoms with Crippen LogP contribution in [0.5, 0.6) is 0 Å². The van der Waals surface area contributed by atoms with Crippen molar-refractivity contribution in [1.29, 1.82) is 0 Å². The fourth-order valence-electron chi connectivity index (χ4n) is 7.28. The van der Waals surface area contributed by atoms with Gasteiger partial charge in [0.25, 0.3) is 0 Å². The van der Waals surface area contributed by atoms with Crippen LogP contribution in [0.15, 0.2) is 161 Å². The van der Waals surface area contributed by atoms with E-state index in [9.17, 15) is 0 Å². The van der Waals surface area contributed by atoms with E-state index in [1.54, 1.807) is 18.5 Å². The Kier molecular flexibility index (Phi) is 7.05. The van der Waals surface area contributed by atoms with E-state index in [2.05, 4.69) is 158 Å². The lowest BCUT2D eigenvalue weighted by molar-refractivity contribution is 1.17. The van der Waals surface area contributed by atoms with Gasteiger partial charge in [-0.05, 0) is 83.2 Å². The van der Waals surface area contributed by atoms with Gasteiger partial charge in [0.1, 0.15) is 5.84 Å². The molecule has 226 valence electrons. The Balaban J connectivity index is 1.26. The van der Waals surface area contributed by atoms with Gasteiger partial charge < -0.3 is 5.32 Å².